The standard InChI is InChI=1S/C26H33FN4O4/c1-16(2)35-21-5-7-24(34-15-21)26(32)31-14-18-10-19(27)12-28-25(18)29-22-6-4-20(11-23(22)31)30-8-9-33-17(3)13-30/h4,6,10-12,16-17,21,24H,5,7-9,13-15H2,1-3H3,(H,28,29)/t17-,21+,24-/m1/s1. The molecule has 2 aromatic rings. The summed E-state index contributed by atoms with van der Waals surface area (Å²) in [5.41, 5.74) is 3.11. The molecule has 1 amide bonds. The van der Waals surface area contributed by atoms with E-state index in [0.29, 0.717) is 31.0 Å². The Morgan fingerprint density at radius 1 is 1.26 bits per heavy atom. The summed E-state index contributed by atoms with van der Waals surface area (Å²) in [4.78, 5) is 22.0. The Kier molecular flexibility index (Phi) is 6.91. The van der Waals surface area contributed by atoms with Gasteiger partial charge >= 0.3 is 0 Å². The Hall–Kier alpha value is -2.75. The number of carbonyl (C=O) groups is 1. The van der Waals surface area contributed by atoms with Gasteiger partial charge in [0.15, 0.2) is 0 Å². The van der Waals surface area contributed by atoms with Gasteiger partial charge in [0.2, 0.25) is 0 Å². The molecule has 188 valence electrons. The number of benzene rings is 1. The second-order valence-electron chi connectivity index (χ2n) is 9.75. The van der Waals surface area contributed by atoms with Crippen LogP contribution in [-0.4, -0.2) is 61.6 Å². The van der Waals surface area contributed by atoms with Crippen LogP contribution in [0.4, 0.5) is 27.3 Å². The molecular formula is C26H33FN4O4. The van der Waals surface area contributed by atoms with Crippen LogP contribution >= 0.6 is 0 Å². The van der Waals surface area contributed by atoms with E-state index in [-0.39, 0.29) is 30.8 Å². The van der Waals surface area contributed by atoms with Gasteiger partial charge in [0.25, 0.3) is 5.91 Å². The number of carbonyl (C=O) groups excluding carboxylic acids is 1. The molecule has 35 heavy (non-hydrogen) atoms. The van der Waals surface area contributed by atoms with Crippen LogP contribution < -0.4 is 15.1 Å². The van der Waals surface area contributed by atoms with Crippen molar-refractivity contribution in [3.63, 3.8) is 0 Å². The smallest absolute Gasteiger partial charge is 0.256 e. The number of halogens is 1. The molecule has 8 nitrogen and oxygen atoms in total. The first-order valence-corrected chi connectivity index (χ1v) is 12.4. The molecule has 5 rings (SSSR count). The van der Waals surface area contributed by atoms with Crippen LogP contribution in [-0.2, 0) is 25.5 Å². The second-order valence-corrected chi connectivity index (χ2v) is 9.75. The number of anilines is 4. The van der Waals surface area contributed by atoms with Crippen molar-refractivity contribution in [3.05, 3.63) is 41.8 Å². The Balaban J connectivity index is 1.45. The van der Waals surface area contributed by atoms with Crippen molar-refractivity contribution in [2.75, 3.05) is 41.4 Å². The Morgan fingerprint density at radius 3 is 2.86 bits per heavy atom. The molecule has 2 fully saturated rings. The number of aromatic nitrogens is 1. The Labute approximate surface area is 205 Å². The minimum atomic E-state index is -0.579. The summed E-state index contributed by atoms with van der Waals surface area (Å²) in [5.74, 6) is -0.0270. The van der Waals surface area contributed by atoms with Gasteiger partial charge in [-0.1, -0.05) is 0 Å². The van der Waals surface area contributed by atoms with Crippen LogP contribution in [0.15, 0.2) is 30.5 Å². The van der Waals surface area contributed by atoms with Crippen LogP contribution in [0.3, 0.4) is 0 Å². The predicted molar refractivity (Wildman–Crippen MR) is 132 cm³/mol. The SMILES string of the molecule is CC(C)O[C@H]1CC[C@H](C(=O)N2Cc3cc(F)cnc3Nc3ccc(N4CCO[C@H](C)C4)cc32)OC1. The topological polar surface area (TPSA) is 76.2 Å². The molecule has 0 saturated carbocycles. The highest BCUT2D eigenvalue weighted by molar-refractivity contribution is 6.01. The maximum atomic E-state index is 14.1. The summed E-state index contributed by atoms with van der Waals surface area (Å²) in [7, 11) is 0. The van der Waals surface area contributed by atoms with Gasteiger partial charge < -0.3 is 29.3 Å². The summed E-state index contributed by atoms with van der Waals surface area (Å²) in [6.45, 7) is 8.84. The lowest BCUT2D eigenvalue weighted by Gasteiger charge is -2.35. The average molecular weight is 485 g/mol. The van der Waals surface area contributed by atoms with E-state index in [4.69, 9.17) is 14.2 Å². The fourth-order valence-electron chi connectivity index (χ4n) is 4.98. The van der Waals surface area contributed by atoms with E-state index < -0.39 is 11.9 Å². The van der Waals surface area contributed by atoms with Gasteiger partial charge in [0.05, 0.1) is 55.6 Å². The number of nitrogens with one attached hydrogen (secondary N) is 1. The molecule has 0 unspecified atom stereocenters. The predicted octanol–water partition coefficient (Wildman–Crippen LogP) is 4.01. The molecular weight excluding hydrogens is 451 g/mol. The van der Waals surface area contributed by atoms with Crippen LogP contribution in [0.1, 0.15) is 39.2 Å². The van der Waals surface area contributed by atoms with E-state index in [2.05, 4.69) is 22.1 Å². The van der Waals surface area contributed by atoms with Gasteiger partial charge in [-0.2, -0.15) is 0 Å². The molecule has 9 heteroatoms. The van der Waals surface area contributed by atoms with Crippen molar-refractivity contribution in [3.8, 4) is 0 Å². The lowest BCUT2D eigenvalue weighted by atomic mass is 10.0. The summed E-state index contributed by atoms with van der Waals surface area (Å²) in [6, 6.07) is 7.44. The van der Waals surface area contributed by atoms with E-state index in [9.17, 15) is 9.18 Å². The molecule has 3 atom stereocenters. The van der Waals surface area contributed by atoms with Gasteiger partial charge in [-0.25, -0.2) is 9.37 Å². The van der Waals surface area contributed by atoms with E-state index in [0.717, 1.165) is 36.6 Å². The zero-order chi connectivity index (χ0) is 24.5. The molecule has 3 aliphatic heterocycles. The fourth-order valence-corrected chi connectivity index (χ4v) is 4.98. The molecule has 1 N–H and O–H groups in total. The van der Waals surface area contributed by atoms with E-state index in [1.807, 2.05) is 32.0 Å². The van der Waals surface area contributed by atoms with Crippen molar-refractivity contribution < 1.29 is 23.4 Å². The number of hydrogen-bond acceptors (Lipinski definition) is 7. The first-order chi connectivity index (χ1) is 16.9. The summed E-state index contributed by atoms with van der Waals surface area (Å²) >= 11 is 0. The highest BCUT2D eigenvalue weighted by Gasteiger charge is 2.34. The molecule has 0 radical (unpaired) electrons. The quantitative estimate of drug-likeness (QED) is 0.703. The molecule has 0 bridgehead atoms. The van der Waals surface area contributed by atoms with Crippen molar-refractivity contribution in [2.45, 2.75) is 64.6 Å². The third-order valence-corrected chi connectivity index (χ3v) is 6.63. The molecule has 1 aromatic carbocycles. The van der Waals surface area contributed by atoms with Crippen molar-refractivity contribution in [1.82, 2.24) is 4.98 Å². The molecule has 0 spiro atoms. The highest BCUT2D eigenvalue weighted by atomic mass is 19.1. The maximum absolute atomic E-state index is 14.1. The average Bonchev–Trinajstić information content (AvgIpc) is 3.00. The highest BCUT2D eigenvalue weighted by Crippen LogP contribution is 2.39. The first kappa shape index (κ1) is 24.0. The summed E-state index contributed by atoms with van der Waals surface area (Å²) in [5, 5.41) is 3.31. The number of ether oxygens (including phenoxy) is 3. The van der Waals surface area contributed by atoms with Gasteiger partial charge in [-0.3, -0.25) is 4.79 Å². The van der Waals surface area contributed by atoms with E-state index in [1.165, 1.54) is 12.3 Å². The third kappa shape index (κ3) is 5.27. The normalized spacial score (nSPS) is 24.4. The zero-order valence-electron chi connectivity index (χ0n) is 20.5. The van der Waals surface area contributed by atoms with Crippen LogP contribution in [0.5, 0.6) is 0 Å². The Bertz CT molecular complexity index is 1070. The van der Waals surface area contributed by atoms with E-state index in [1.54, 1.807) is 4.90 Å². The van der Waals surface area contributed by atoms with Crippen LogP contribution in [0.25, 0.3) is 0 Å². The maximum Gasteiger partial charge on any atom is 0.256 e. The van der Waals surface area contributed by atoms with Crippen LogP contribution in [0.2, 0.25) is 0 Å². The molecule has 1 aromatic heterocycles. The van der Waals surface area contributed by atoms with Gasteiger partial charge in [0, 0.05) is 24.3 Å². The van der Waals surface area contributed by atoms with Crippen LogP contribution in [0, 0.1) is 5.82 Å². The van der Waals surface area contributed by atoms with Crippen molar-refractivity contribution in [1.29, 1.82) is 0 Å². The third-order valence-electron chi connectivity index (χ3n) is 6.63. The van der Waals surface area contributed by atoms with Gasteiger partial charge in [-0.15, -0.1) is 0 Å². The number of rotatable bonds is 4. The number of fused-ring (bicyclic) bond motifs is 2. The Morgan fingerprint density at radius 2 is 2.11 bits per heavy atom. The fraction of sp³-hybridized carbons (Fsp3) is 0.538. The van der Waals surface area contributed by atoms with Gasteiger partial charge in [-0.05, 0) is 57.9 Å². The molecule has 3 aliphatic rings. The lowest BCUT2D eigenvalue weighted by molar-refractivity contribution is -0.143. The van der Waals surface area contributed by atoms with Crippen molar-refractivity contribution >= 4 is 28.8 Å². The van der Waals surface area contributed by atoms with Crippen molar-refractivity contribution in [2.24, 2.45) is 0 Å². The number of hydrogen-bond donors (Lipinski definition) is 1. The first-order valence-electron chi connectivity index (χ1n) is 12.4. The number of nitrogens with zero attached hydrogens (tertiary/aromatic N) is 3. The molecule has 2 saturated heterocycles. The summed E-state index contributed by atoms with van der Waals surface area (Å²) in [6.07, 6.45) is 2.17. The largest absolute Gasteiger partial charge is 0.375 e. The number of morpholine rings is 1. The molecule has 4 heterocycles. The minimum absolute atomic E-state index is 0.00827. The second kappa shape index (κ2) is 10.1. The summed E-state index contributed by atoms with van der Waals surface area (Å²) < 4.78 is 31.6. The van der Waals surface area contributed by atoms with E-state index >= 15 is 0 Å². The molecule has 0 aliphatic carbocycles. The van der Waals surface area contributed by atoms with Gasteiger partial charge in [0.1, 0.15) is 17.7 Å². The zero-order valence-corrected chi connectivity index (χ0v) is 20.5. The number of pyridine rings is 1. The monoisotopic (exact) mass is 484 g/mol. The lowest BCUT2D eigenvalue weighted by Crippen LogP contribution is -2.45. The number of amides is 1. The minimum Gasteiger partial charge on any atom is -0.375 e.